The highest BCUT2D eigenvalue weighted by molar-refractivity contribution is 5.78. The number of hydrogen-bond donors (Lipinski definition) is 1. The first-order chi connectivity index (χ1) is 13.2. The summed E-state index contributed by atoms with van der Waals surface area (Å²) in [6, 6.07) is 9.18. The summed E-state index contributed by atoms with van der Waals surface area (Å²) in [4.78, 5) is 24.9. The van der Waals surface area contributed by atoms with Crippen LogP contribution in [0.2, 0.25) is 0 Å². The van der Waals surface area contributed by atoms with Gasteiger partial charge in [0, 0.05) is 38.6 Å². The quantitative estimate of drug-likeness (QED) is 0.688. The van der Waals surface area contributed by atoms with Gasteiger partial charge in [-0.2, -0.15) is 0 Å². The van der Waals surface area contributed by atoms with Gasteiger partial charge in [-0.15, -0.1) is 0 Å². The van der Waals surface area contributed by atoms with Crippen LogP contribution >= 0.6 is 0 Å². The van der Waals surface area contributed by atoms with Crippen LogP contribution in [-0.2, 0) is 4.79 Å². The third-order valence-electron chi connectivity index (χ3n) is 4.33. The van der Waals surface area contributed by atoms with Gasteiger partial charge >= 0.3 is 0 Å². The summed E-state index contributed by atoms with van der Waals surface area (Å²) < 4.78 is 10.7. The Balaban J connectivity index is 1.30. The number of amides is 1. The molecule has 1 amide bonds. The maximum Gasteiger partial charge on any atom is 0.234 e. The van der Waals surface area contributed by atoms with E-state index in [1.54, 1.807) is 19.5 Å². The molecule has 1 saturated heterocycles. The van der Waals surface area contributed by atoms with Crippen molar-refractivity contribution in [3.05, 3.63) is 42.7 Å². The summed E-state index contributed by atoms with van der Waals surface area (Å²) in [5.41, 5.74) is 0. The van der Waals surface area contributed by atoms with Crippen molar-refractivity contribution in [3.63, 3.8) is 0 Å². The molecule has 1 N–H and O–H groups in total. The minimum atomic E-state index is 0.0118. The van der Waals surface area contributed by atoms with Crippen LogP contribution in [0.25, 0.3) is 0 Å². The Morgan fingerprint density at radius 1 is 1.07 bits per heavy atom. The lowest BCUT2D eigenvalue weighted by Gasteiger charge is -2.34. The standard InChI is InChI=1S/C19H25N5O3/c1-26-16-3-5-17(6-4-16)27-14-9-20-18(25)15-23-10-12-24(13-11-23)19-21-7-2-8-22-19/h2-8H,9-15H2,1H3,(H,20,25). The van der Waals surface area contributed by atoms with Gasteiger partial charge in [-0.05, 0) is 30.3 Å². The van der Waals surface area contributed by atoms with Crippen LogP contribution in [0.1, 0.15) is 0 Å². The lowest BCUT2D eigenvalue weighted by molar-refractivity contribution is -0.122. The van der Waals surface area contributed by atoms with Crippen molar-refractivity contribution in [1.29, 1.82) is 0 Å². The molecule has 0 aliphatic carbocycles. The Hall–Kier alpha value is -2.87. The van der Waals surface area contributed by atoms with E-state index in [0.29, 0.717) is 19.7 Å². The van der Waals surface area contributed by atoms with Crippen LogP contribution in [0.3, 0.4) is 0 Å². The monoisotopic (exact) mass is 371 g/mol. The summed E-state index contributed by atoms with van der Waals surface area (Å²) in [5, 5.41) is 2.90. The highest BCUT2D eigenvalue weighted by Crippen LogP contribution is 2.16. The van der Waals surface area contributed by atoms with Crippen molar-refractivity contribution >= 4 is 11.9 Å². The van der Waals surface area contributed by atoms with Crippen molar-refractivity contribution in [3.8, 4) is 11.5 Å². The molecule has 1 aromatic heterocycles. The molecule has 8 heteroatoms. The number of benzene rings is 1. The van der Waals surface area contributed by atoms with Gasteiger partial charge in [-0.1, -0.05) is 0 Å². The summed E-state index contributed by atoms with van der Waals surface area (Å²) in [5.74, 6) is 2.30. The summed E-state index contributed by atoms with van der Waals surface area (Å²) in [6.07, 6.45) is 3.49. The smallest absolute Gasteiger partial charge is 0.234 e. The van der Waals surface area contributed by atoms with Crippen molar-refractivity contribution in [1.82, 2.24) is 20.2 Å². The topological polar surface area (TPSA) is 79.8 Å². The fourth-order valence-corrected chi connectivity index (χ4v) is 2.85. The second-order valence-corrected chi connectivity index (χ2v) is 6.19. The average Bonchev–Trinajstić information content (AvgIpc) is 2.73. The van der Waals surface area contributed by atoms with Crippen molar-refractivity contribution < 1.29 is 14.3 Å². The molecule has 0 saturated carbocycles. The zero-order valence-electron chi connectivity index (χ0n) is 15.5. The molecule has 0 unspecified atom stereocenters. The predicted octanol–water partition coefficient (Wildman–Crippen LogP) is 0.802. The van der Waals surface area contributed by atoms with Gasteiger partial charge in [0.25, 0.3) is 0 Å². The number of hydrogen-bond acceptors (Lipinski definition) is 7. The van der Waals surface area contributed by atoms with Gasteiger partial charge in [0.15, 0.2) is 0 Å². The third-order valence-corrected chi connectivity index (χ3v) is 4.33. The minimum Gasteiger partial charge on any atom is -0.497 e. The largest absolute Gasteiger partial charge is 0.497 e. The van der Waals surface area contributed by atoms with E-state index in [1.807, 2.05) is 30.3 Å². The highest BCUT2D eigenvalue weighted by Gasteiger charge is 2.20. The first-order valence-electron chi connectivity index (χ1n) is 9.02. The van der Waals surface area contributed by atoms with Gasteiger partial charge in [0.1, 0.15) is 18.1 Å². The van der Waals surface area contributed by atoms with Crippen LogP contribution in [-0.4, -0.2) is 73.8 Å². The second-order valence-electron chi connectivity index (χ2n) is 6.19. The fraction of sp³-hybridized carbons (Fsp3) is 0.421. The summed E-state index contributed by atoms with van der Waals surface area (Å²) in [6.45, 7) is 4.56. The predicted molar refractivity (Wildman–Crippen MR) is 102 cm³/mol. The number of anilines is 1. The van der Waals surface area contributed by atoms with Gasteiger partial charge < -0.3 is 19.7 Å². The number of aromatic nitrogens is 2. The van der Waals surface area contributed by atoms with Gasteiger partial charge in [0.2, 0.25) is 11.9 Å². The van der Waals surface area contributed by atoms with Gasteiger partial charge in [-0.3, -0.25) is 9.69 Å². The van der Waals surface area contributed by atoms with E-state index in [0.717, 1.165) is 43.6 Å². The molecule has 8 nitrogen and oxygen atoms in total. The molecular formula is C19H25N5O3. The zero-order chi connectivity index (χ0) is 18.9. The minimum absolute atomic E-state index is 0.0118. The number of nitrogens with one attached hydrogen (secondary N) is 1. The van der Waals surface area contributed by atoms with E-state index < -0.39 is 0 Å². The normalized spacial score (nSPS) is 14.6. The number of piperazine rings is 1. The summed E-state index contributed by atoms with van der Waals surface area (Å²) >= 11 is 0. The zero-order valence-corrected chi connectivity index (χ0v) is 15.5. The molecule has 2 heterocycles. The van der Waals surface area contributed by atoms with Crippen LogP contribution in [0.15, 0.2) is 42.7 Å². The Kier molecular flexibility index (Phi) is 6.81. The third kappa shape index (κ3) is 5.82. The summed E-state index contributed by atoms with van der Waals surface area (Å²) in [7, 11) is 1.63. The maximum atomic E-state index is 12.1. The highest BCUT2D eigenvalue weighted by atomic mass is 16.5. The molecule has 2 aromatic rings. The fourth-order valence-electron chi connectivity index (χ4n) is 2.85. The number of nitrogens with zero attached hydrogens (tertiary/aromatic N) is 4. The van der Waals surface area contributed by atoms with E-state index >= 15 is 0 Å². The molecule has 1 aromatic carbocycles. The van der Waals surface area contributed by atoms with Crippen LogP contribution in [0.4, 0.5) is 5.95 Å². The molecule has 0 radical (unpaired) electrons. The molecule has 3 rings (SSSR count). The van der Waals surface area contributed by atoms with E-state index in [-0.39, 0.29) is 5.91 Å². The van der Waals surface area contributed by atoms with Crippen LogP contribution < -0.4 is 19.7 Å². The van der Waals surface area contributed by atoms with Crippen molar-refractivity contribution in [2.45, 2.75) is 0 Å². The van der Waals surface area contributed by atoms with E-state index in [2.05, 4.69) is 25.1 Å². The number of methoxy groups -OCH3 is 1. The Bertz CT molecular complexity index is 703. The first kappa shape index (κ1) is 18.9. The van der Waals surface area contributed by atoms with Crippen LogP contribution in [0.5, 0.6) is 11.5 Å². The molecule has 0 bridgehead atoms. The molecule has 1 aliphatic heterocycles. The molecule has 0 spiro atoms. The van der Waals surface area contributed by atoms with E-state index in [9.17, 15) is 4.79 Å². The SMILES string of the molecule is COc1ccc(OCCNC(=O)CN2CCN(c3ncccn3)CC2)cc1. The second kappa shape index (κ2) is 9.72. The Morgan fingerprint density at radius 2 is 1.74 bits per heavy atom. The molecule has 27 heavy (non-hydrogen) atoms. The maximum absolute atomic E-state index is 12.1. The van der Waals surface area contributed by atoms with Crippen molar-refractivity contribution in [2.24, 2.45) is 0 Å². The molecular weight excluding hydrogens is 346 g/mol. The Labute approximate surface area is 159 Å². The number of rotatable bonds is 8. The van der Waals surface area contributed by atoms with Gasteiger partial charge in [0.05, 0.1) is 20.2 Å². The van der Waals surface area contributed by atoms with Crippen molar-refractivity contribution in [2.75, 3.05) is 57.9 Å². The lowest BCUT2D eigenvalue weighted by atomic mass is 10.3. The lowest BCUT2D eigenvalue weighted by Crippen LogP contribution is -2.50. The number of carbonyl (C=O) groups excluding carboxylic acids is 1. The number of ether oxygens (including phenoxy) is 2. The molecule has 144 valence electrons. The molecule has 1 aliphatic rings. The molecule has 0 atom stereocenters. The Morgan fingerprint density at radius 3 is 2.41 bits per heavy atom. The average molecular weight is 371 g/mol. The van der Waals surface area contributed by atoms with Gasteiger partial charge in [-0.25, -0.2) is 9.97 Å². The van der Waals surface area contributed by atoms with E-state index in [1.165, 1.54) is 0 Å². The van der Waals surface area contributed by atoms with Crippen LogP contribution in [0, 0.1) is 0 Å². The molecule has 1 fully saturated rings. The number of carbonyl (C=O) groups is 1. The first-order valence-corrected chi connectivity index (χ1v) is 9.02. The van der Waals surface area contributed by atoms with E-state index in [4.69, 9.17) is 9.47 Å².